The minimum Gasteiger partial charge on any atom is -0.381 e. The van der Waals surface area contributed by atoms with Crippen molar-refractivity contribution < 1.29 is 9.53 Å². The fraction of sp³-hybridized carbons (Fsp3) is 0.562. The minimum absolute atomic E-state index is 0.0149. The molecule has 122 valence electrons. The molecule has 0 aliphatic carbocycles. The molecule has 1 saturated heterocycles. The second kappa shape index (κ2) is 8.06. The van der Waals surface area contributed by atoms with E-state index in [1.54, 1.807) is 7.11 Å². The van der Waals surface area contributed by atoms with Gasteiger partial charge in [-0.2, -0.15) is 0 Å². The zero-order valence-electron chi connectivity index (χ0n) is 13.1. The lowest BCUT2D eigenvalue weighted by atomic mass is 9.99. The van der Waals surface area contributed by atoms with Crippen LogP contribution in [0.4, 0.5) is 5.69 Å². The summed E-state index contributed by atoms with van der Waals surface area (Å²) in [5.41, 5.74) is 7.79. The van der Waals surface area contributed by atoms with Crippen molar-refractivity contribution in [3.63, 3.8) is 0 Å². The molecule has 0 saturated carbocycles. The van der Waals surface area contributed by atoms with Gasteiger partial charge in [0.25, 0.3) is 0 Å². The van der Waals surface area contributed by atoms with Gasteiger partial charge in [-0.3, -0.25) is 9.69 Å². The molecule has 2 rings (SSSR count). The molecule has 1 amide bonds. The van der Waals surface area contributed by atoms with Crippen LogP contribution in [-0.2, 0) is 9.53 Å². The van der Waals surface area contributed by atoms with Gasteiger partial charge in [0.05, 0.1) is 18.3 Å². The molecule has 2 atom stereocenters. The van der Waals surface area contributed by atoms with Crippen LogP contribution in [0.25, 0.3) is 0 Å². The van der Waals surface area contributed by atoms with Crippen LogP contribution < -0.4 is 11.1 Å². The summed E-state index contributed by atoms with van der Waals surface area (Å²) in [6.45, 7) is 3.75. The van der Waals surface area contributed by atoms with Crippen molar-refractivity contribution in [3.05, 3.63) is 28.2 Å². The second-order valence-electron chi connectivity index (χ2n) is 5.77. The molecule has 5 nitrogen and oxygen atoms in total. The number of hydrogen-bond acceptors (Lipinski definition) is 4. The Morgan fingerprint density at radius 2 is 2.32 bits per heavy atom. The van der Waals surface area contributed by atoms with Gasteiger partial charge in [-0.15, -0.1) is 0 Å². The van der Waals surface area contributed by atoms with E-state index in [-0.39, 0.29) is 18.1 Å². The Morgan fingerprint density at radius 1 is 1.55 bits per heavy atom. The Labute approximate surface area is 140 Å². The van der Waals surface area contributed by atoms with Gasteiger partial charge >= 0.3 is 0 Å². The van der Waals surface area contributed by atoms with Gasteiger partial charge in [0.15, 0.2) is 0 Å². The van der Waals surface area contributed by atoms with E-state index in [1.165, 1.54) is 0 Å². The first-order valence-corrected chi connectivity index (χ1v) is 8.35. The lowest BCUT2D eigenvalue weighted by molar-refractivity contribution is -0.118. The molecule has 3 N–H and O–H groups in total. The number of nitrogens with one attached hydrogen (secondary N) is 1. The first kappa shape index (κ1) is 17.4. The Kier molecular flexibility index (Phi) is 6.37. The van der Waals surface area contributed by atoms with Gasteiger partial charge < -0.3 is 15.8 Å². The fourth-order valence-electron chi connectivity index (χ4n) is 2.83. The molecule has 1 heterocycles. The fourth-order valence-corrected chi connectivity index (χ4v) is 3.42. The molecule has 1 fully saturated rings. The molecule has 1 aromatic carbocycles. The smallest absolute Gasteiger partial charge is 0.238 e. The van der Waals surface area contributed by atoms with Crippen LogP contribution >= 0.6 is 15.9 Å². The first-order chi connectivity index (χ1) is 10.5. The average molecular weight is 370 g/mol. The van der Waals surface area contributed by atoms with Crippen molar-refractivity contribution in [1.29, 1.82) is 0 Å². The molecule has 1 aliphatic rings. The number of halogens is 1. The Morgan fingerprint density at radius 3 is 2.95 bits per heavy atom. The lowest BCUT2D eigenvalue weighted by Crippen LogP contribution is -2.50. The summed E-state index contributed by atoms with van der Waals surface area (Å²) in [7, 11) is 1.73. The van der Waals surface area contributed by atoms with Gasteiger partial charge in [0.1, 0.15) is 0 Å². The zero-order valence-corrected chi connectivity index (χ0v) is 14.7. The summed E-state index contributed by atoms with van der Waals surface area (Å²) in [6.07, 6.45) is 2.07. The van der Waals surface area contributed by atoms with Gasteiger partial charge in [-0.05, 0) is 53.4 Å². The predicted octanol–water partition coefficient (Wildman–Crippen LogP) is 2.13. The monoisotopic (exact) mass is 369 g/mol. The number of likely N-dealkylation sites (tertiary alicyclic amines) is 1. The molecule has 0 radical (unpaired) electrons. The van der Waals surface area contributed by atoms with Crippen LogP contribution in [0.3, 0.4) is 0 Å². The number of aryl methyl sites for hydroxylation is 1. The summed E-state index contributed by atoms with van der Waals surface area (Å²) in [5, 5.41) is 2.96. The Balaban J connectivity index is 1.93. The summed E-state index contributed by atoms with van der Waals surface area (Å²) in [6, 6.07) is 6.08. The van der Waals surface area contributed by atoms with Gasteiger partial charge in [0.2, 0.25) is 5.91 Å². The molecule has 0 aromatic heterocycles. The number of piperidine rings is 1. The lowest BCUT2D eigenvalue weighted by Gasteiger charge is -2.37. The molecule has 1 aliphatic heterocycles. The third kappa shape index (κ3) is 4.52. The average Bonchev–Trinajstić information content (AvgIpc) is 2.50. The highest BCUT2D eigenvalue weighted by atomic mass is 79.9. The number of ether oxygens (including phenoxy) is 1. The standard InChI is InChI=1S/C16H24BrN3O2/c1-11-3-4-15(14(17)7-11)19-16(21)10-20-6-5-13(22-2)8-12(20)9-18/h3-4,7,12-13H,5-6,8-10,18H2,1-2H3,(H,19,21). The van der Waals surface area contributed by atoms with Crippen LogP contribution in [0.15, 0.2) is 22.7 Å². The summed E-state index contributed by atoms with van der Waals surface area (Å²) < 4.78 is 6.31. The van der Waals surface area contributed by atoms with Gasteiger partial charge in [-0.1, -0.05) is 6.07 Å². The molecule has 0 spiro atoms. The van der Waals surface area contributed by atoms with E-state index in [1.807, 2.05) is 25.1 Å². The number of anilines is 1. The number of methoxy groups -OCH3 is 1. The largest absolute Gasteiger partial charge is 0.381 e. The Bertz CT molecular complexity index is 524. The number of rotatable bonds is 5. The van der Waals surface area contributed by atoms with E-state index in [4.69, 9.17) is 10.5 Å². The molecule has 2 unspecified atom stereocenters. The van der Waals surface area contributed by atoms with E-state index in [0.717, 1.165) is 35.1 Å². The van der Waals surface area contributed by atoms with Crippen molar-refractivity contribution in [2.45, 2.75) is 31.9 Å². The first-order valence-electron chi connectivity index (χ1n) is 7.56. The number of nitrogens with two attached hydrogens (primary N) is 1. The number of benzene rings is 1. The van der Waals surface area contributed by atoms with Crippen LogP contribution in [0.5, 0.6) is 0 Å². The summed E-state index contributed by atoms with van der Waals surface area (Å²) >= 11 is 3.48. The molecule has 0 bridgehead atoms. The number of carbonyl (C=O) groups is 1. The van der Waals surface area contributed by atoms with Crippen molar-refractivity contribution in [1.82, 2.24) is 4.90 Å². The van der Waals surface area contributed by atoms with E-state index < -0.39 is 0 Å². The topological polar surface area (TPSA) is 67.6 Å². The van der Waals surface area contributed by atoms with Crippen LogP contribution in [0, 0.1) is 6.92 Å². The maximum absolute atomic E-state index is 12.3. The number of amides is 1. The third-order valence-electron chi connectivity index (χ3n) is 4.14. The normalized spacial score (nSPS) is 22.5. The minimum atomic E-state index is -0.0149. The van der Waals surface area contributed by atoms with Crippen molar-refractivity contribution in [3.8, 4) is 0 Å². The number of carbonyl (C=O) groups excluding carboxylic acids is 1. The van der Waals surface area contributed by atoms with Crippen molar-refractivity contribution in [2.75, 3.05) is 32.1 Å². The van der Waals surface area contributed by atoms with E-state index in [0.29, 0.717) is 13.1 Å². The Hall–Kier alpha value is -0.950. The van der Waals surface area contributed by atoms with Crippen molar-refractivity contribution in [2.24, 2.45) is 5.73 Å². The second-order valence-corrected chi connectivity index (χ2v) is 6.63. The van der Waals surface area contributed by atoms with Gasteiger partial charge in [-0.25, -0.2) is 0 Å². The van der Waals surface area contributed by atoms with Crippen LogP contribution in [0.1, 0.15) is 18.4 Å². The van der Waals surface area contributed by atoms with E-state index in [9.17, 15) is 4.79 Å². The van der Waals surface area contributed by atoms with E-state index in [2.05, 4.69) is 26.1 Å². The molecular weight excluding hydrogens is 346 g/mol. The van der Waals surface area contributed by atoms with Crippen molar-refractivity contribution >= 4 is 27.5 Å². The summed E-state index contributed by atoms with van der Waals surface area (Å²) in [5.74, 6) is -0.0149. The molecule has 1 aromatic rings. The highest BCUT2D eigenvalue weighted by Gasteiger charge is 2.28. The zero-order chi connectivity index (χ0) is 16.1. The predicted molar refractivity (Wildman–Crippen MR) is 92.0 cm³/mol. The number of hydrogen-bond donors (Lipinski definition) is 2. The summed E-state index contributed by atoms with van der Waals surface area (Å²) in [4.78, 5) is 14.4. The molecular formula is C16H24BrN3O2. The maximum atomic E-state index is 12.3. The van der Waals surface area contributed by atoms with Crippen LogP contribution in [0.2, 0.25) is 0 Å². The maximum Gasteiger partial charge on any atom is 0.238 e. The van der Waals surface area contributed by atoms with Gasteiger partial charge in [0, 0.05) is 30.7 Å². The third-order valence-corrected chi connectivity index (χ3v) is 4.80. The number of nitrogens with zero attached hydrogens (tertiary/aromatic N) is 1. The highest BCUT2D eigenvalue weighted by molar-refractivity contribution is 9.10. The van der Waals surface area contributed by atoms with E-state index >= 15 is 0 Å². The molecule has 6 heteroatoms. The quantitative estimate of drug-likeness (QED) is 0.834. The molecule has 22 heavy (non-hydrogen) atoms. The highest BCUT2D eigenvalue weighted by Crippen LogP contribution is 2.24. The van der Waals surface area contributed by atoms with Crippen LogP contribution in [-0.4, -0.2) is 49.7 Å². The SMILES string of the molecule is COC1CCN(CC(=O)Nc2ccc(C)cc2Br)C(CN)C1.